The van der Waals surface area contributed by atoms with Crippen LogP contribution < -0.4 is 10.6 Å². The monoisotopic (exact) mass is 603 g/mol. The maximum absolute atomic E-state index is 13.0. The van der Waals surface area contributed by atoms with Gasteiger partial charge in [-0.3, -0.25) is 24.5 Å². The third-order valence-corrected chi connectivity index (χ3v) is 9.12. The summed E-state index contributed by atoms with van der Waals surface area (Å²) in [5.74, 6) is 0.772. The smallest absolute Gasteiger partial charge is 0.342 e. The van der Waals surface area contributed by atoms with Crippen molar-refractivity contribution in [3.63, 3.8) is 0 Å². The molecule has 2 saturated heterocycles. The number of piperidine rings is 1. The van der Waals surface area contributed by atoms with E-state index in [1.165, 1.54) is 28.6 Å². The van der Waals surface area contributed by atoms with Crippen molar-refractivity contribution in [2.45, 2.75) is 57.7 Å². The van der Waals surface area contributed by atoms with Crippen LogP contribution in [0.4, 0.5) is 10.7 Å². The summed E-state index contributed by atoms with van der Waals surface area (Å²) in [6.45, 7) is 3.12. The van der Waals surface area contributed by atoms with E-state index in [9.17, 15) is 14.4 Å². The van der Waals surface area contributed by atoms with Crippen LogP contribution >= 0.6 is 11.6 Å². The Balaban J connectivity index is 0.954. The van der Waals surface area contributed by atoms with Gasteiger partial charge in [0.25, 0.3) is 5.91 Å². The van der Waals surface area contributed by atoms with Gasteiger partial charge in [-0.2, -0.15) is 5.10 Å². The number of fused-ring (bicyclic) bond motifs is 1. The van der Waals surface area contributed by atoms with E-state index in [4.69, 9.17) is 16.6 Å². The van der Waals surface area contributed by atoms with Gasteiger partial charge < -0.3 is 5.32 Å². The molecule has 0 bridgehead atoms. The molecule has 12 nitrogen and oxygen atoms in total. The molecular formula is C30H34ClN9O3. The number of imide groups is 1. The molecule has 4 aliphatic rings. The van der Waals surface area contributed by atoms with Gasteiger partial charge in [0.15, 0.2) is 0 Å². The first-order valence-electron chi connectivity index (χ1n) is 14.9. The van der Waals surface area contributed by atoms with Crippen LogP contribution in [0.2, 0.25) is 5.02 Å². The van der Waals surface area contributed by atoms with E-state index < -0.39 is 6.03 Å². The van der Waals surface area contributed by atoms with Crippen molar-refractivity contribution < 1.29 is 14.4 Å². The highest BCUT2D eigenvalue weighted by Gasteiger charge is 2.37. The fourth-order valence-electron chi connectivity index (χ4n) is 6.24. The topological polar surface area (TPSA) is 129 Å². The van der Waals surface area contributed by atoms with Gasteiger partial charge in [0.1, 0.15) is 0 Å². The van der Waals surface area contributed by atoms with Crippen LogP contribution in [0.15, 0.2) is 30.6 Å². The first kappa shape index (κ1) is 27.8. The lowest BCUT2D eigenvalue weighted by molar-refractivity contribution is -0.123. The quantitative estimate of drug-likeness (QED) is 0.401. The number of rotatable bonds is 8. The van der Waals surface area contributed by atoms with Gasteiger partial charge in [0.05, 0.1) is 36.2 Å². The average Bonchev–Trinajstić information content (AvgIpc) is 3.67. The predicted octanol–water partition coefficient (Wildman–Crippen LogP) is 3.37. The van der Waals surface area contributed by atoms with E-state index in [0.29, 0.717) is 23.1 Å². The second kappa shape index (κ2) is 11.2. The first-order valence-corrected chi connectivity index (χ1v) is 15.3. The highest BCUT2D eigenvalue weighted by Crippen LogP contribution is 2.37. The molecule has 0 unspecified atom stereocenters. The Kier molecular flexibility index (Phi) is 7.26. The van der Waals surface area contributed by atoms with Crippen LogP contribution in [-0.2, 0) is 31.4 Å². The summed E-state index contributed by atoms with van der Waals surface area (Å²) in [4.78, 5) is 48.5. The lowest BCUT2D eigenvalue weighted by atomic mass is 10.0. The number of aryl methyl sites for hydroxylation is 1. The average molecular weight is 604 g/mol. The minimum absolute atomic E-state index is 0.180. The summed E-state index contributed by atoms with van der Waals surface area (Å²) in [7, 11) is 1.97. The molecular weight excluding hydrogens is 570 g/mol. The number of amides is 4. The fraction of sp³-hybridized carbons (Fsp3) is 0.467. The molecule has 7 rings (SSSR count). The summed E-state index contributed by atoms with van der Waals surface area (Å²) in [6.07, 6.45) is 9.12. The molecule has 5 heterocycles. The molecule has 0 radical (unpaired) electrons. The van der Waals surface area contributed by atoms with E-state index in [1.807, 2.05) is 30.1 Å². The number of halogens is 1. The Labute approximate surface area is 254 Å². The van der Waals surface area contributed by atoms with E-state index in [1.54, 1.807) is 6.20 Å². The first-order chi connectivity index (χ1) is 20.8. The number of hydrogen-bond donors (Lipinski definition) is 2. The number of hydrazine groups is 1. The Morgan fingerprint density at radius 3 is 2.60 bits per heavy atom. The van der Waals surface area contributed by atoms with Gasteiger partial charge in [-0.1, -0.05) is 23.7 Å². The number of benzene rings is 1. The van der Waals surface area contributed by atoms with Crippen molar-refractivity contribution in [3.8, 4) is 11.3 Å². The van der Waals surface area contributed by atoms with E-state index >= 15 is 0 Å². The molecule has 2 N–H and O–H groups in total. The van der Waals surface area contributed by atoms with E-state index in [-0.39, 0.29) is 30.8 Å². The zero-order valence-electron chi connectivity index (χ0n) is 24.1. The second-order valence-electron chi connectivity index (χ2n) is 11.9. The highest BCUT2D eigenvalue weighted by molar-refractivity contribution is 6.33. The number of urea groups is 1. The number of aromatic nitrogens is 4. The Morgan fingerprint density at radius 1 is 1.02 bits per heavy atom. The van der Waals surface area contributed by atoms with Crippen molar-refractivity contribution in [3.05, 3.63) is 58.0 Å². The van der Waals surface area contributed by atoms with Crippen molar-refractivity contribution in [1.82, 2.24) is 40.0 Å². The molecule has 4 amide bonds. The van der Waals surface area contributed by atoms with Crippen LogP contribution in [0.3, 0.4) is 0 Å². The molecule has 2 aromatic heterocycles. The van der Waals surface area contributed by atoms with Gasteiger partial charge in [0, 0.05) is 56.0 Å². The number of carbonyl (C=O) groups excluding carboxylic acids is 3. The maximum atomic E-state index is 13.0. The normalized spacial score (nSPS) is 19.6. The molecule has 3 fully saturated rings. The Hall–Kier alpha value is -4.03. The molecule has 1 saturated carbocycles. The predicted molar refractivity (Wildman–Crippen MR) is 159 cm³/mol. The van der Waals surface area contributed by atoms with Crippen molar-refractivity contribution in [1.29, 1.82) is 0 Å². The SMILES string of the molecule is Cn1ncc(-c2nc(NC3CCN(Cc4ccc5c(c4)CN(N4CCC(=O)NC4=O)C5=O)CC3)ncc2Cl)c1CC1CC1. The molecule has 3 aliphatic heterocycles. The molecule has 3 aromatic rings. The Morgan fingerprint density at radius 2 is 1.84 bits per heavy atom. The minimum atomic E-state index is -0.551. The fourth-order valence-corrected chi connectivity index (χ4v) is 6.43. The largest absolute Gasteiger partial charge is 0.351 e. The van der Waals surface area contributed by atoms with Crippen LogP contribution in [0.5, 0.6) is 0 Å². The zero-order valence-corrected chi connectivity index (χ0v) is 24.8. The standard InChI is InChI=1S/C30H34ClN9O3/c1-37-25(13-18-2-3-18)23(14-33-37)27-24(31)15-32-29(36-27)34-21-6-9-38(10-7-21)16-19-4-5-22-20(12-19)17-40(28(22)42)39-11-8-26(41)35-30(39)43/h4-5,12,14-15,18,21H,2-3,6-11,13,16-17H2,1H3,(H,32,34,36)(H,35,41,43). The number of nitrogens with one attached hydrogen (secondary N) is 2. The molecule has 1 aliphatic carbocycles. The summed E-state index contributed by atoms with van der Waals surface area (Å²) < 4.78 is 1.93. The van der Waals surface area contributed by atoms with Crippen LogP contribution in [0, 0.1) is 5.92 Å². The maximum Gasteiger partial charge on any atom is 0.342 e. The molecule has 0 spiro atoms. The van der Waals surface area contributed by atoms with Gasteiger partial charge >= 0.3 is 6.03 Å². The molecule has 13 heteroatoms. The molecule has 0 atom stereocenters. The number of nitrogens with zero attached hydrogens (tertiary/aromatic N) is 7. The third-order valence-electron chi connectivity index (χ3n) is 8.84. The van der Waals surface area contributed by atoms with E-state index in [0.717, 1.165) is 67.2 Å². The summed E-state index contributed by atoms with van der Waals surface area (Å²) in [6, 6.07) is 5.60. The summed E-state index contributed by atoms with van der Waals surface area (Å²) in [5.41, 5.74) is 5.50. The lowest BCUT2D eigenvalue weighted by Crippen LogP contribution is -2.56. The number of likely N-dealkylation sites (tertiary alicyclic amines) is 1. The van der Waals surface area contributed by atoms with E-state index in [2.05, 4.69) is 31.7 Å². The summed E-state index contributed by atoms with van der Waals surface area (Å²) >= 11 is 6.56. The molecule has 43 heavy (non-hydrogen) atoms. The van der Waals surface area contributed by atoms with Gasteiger partial charge in [-0.15, -0.1) is 0 Å². The zero-order chi connectivity index (χ0) is 29.7. The van der Waals surface area contributed by atoms with Crippen molar-refractivity contribution >= 4 is 35.4 Å². The Bertz CT molecular complexity index is 1600. The highest BCUT2D eigenvalue weighted by atomic mass is 35.5. The number of hydrogen-bond acceptors (Lipinski definition) is 8. The van der Waals surface area contributed by atoms with Crippen LogP contribution in [0.25, 0.3) is 11.3 Å². The number of anilines is 1. The van der Waals surface area contributed by atoms with Crippen molar-refractivity contribution in [2.24, 2.45) is 13.0 Å². The summed E-state index contributed by atoms with van der Waals surface area (Å²) in [5, 5.41) is 13.6. The van der Waals surface area contributed by atoms with Crippen LogP contribution in [-0.4, -0.2) is 78.2 Å². The van der Waals surface area contributed by atoms with Crippen LogP contribution in [0.1, 0.15) is 59.3 Å². The van der Waals surface area contributed by atoms with Gasteiger partial charge in [-0.25, -0.2) is 24.8 Å². The third kappa shape index (κ3) is 5.68. The molecule has 224 valence electrons. The number of carbonyl (C=O) groups is 3. The molecule has 1 aromatic carbocycles. The lowest BCUT2D eigenvalue weighted by Gasteiger charge is -2.33. The minimum Gasteiger partial charge on any atom is -0.351 e. The second-order valence-corrected chi connectivity index (χ2v) is 12.3. The van der Waals surface area contributed by atoms with Gasteiger partial charge in [-0.05, 0) is 55.2 Å². The van der Waals surface area contributed by atoms with Gasteiger partial charge in [0.2, 0.25) is 11.9 Å². The van der Waals surface area contributed by atoms with Crippen molar-refractivity contribution in [2.75, 3.05) is 25.0 Å².